The predicted octanol–water partition coefficient (Wildman–Crippen LogP) is 4.26. The van der Waals surface area contributed by atoms with Crippen LogP contribution >= 0.6 is 0 Å². The highest BCUT2D eigenvalue weighted by molar-refractivity contribution is 5.15. The lowest BCUT2D eigenvalue weighted by atomic mass is 9.45. The summed E-state index contributed by atoms with van der Waals surface area (Å²) in [5.74, 6) is 0.779. The lowest BCUT2D eigenvalue weighted by Gasteiger charge is -2.65. The molecule has 4 aliphatic carbocycles. The maximum Gasteiger partial charge on any atom is 0.0722 e. The van der Waals surface area contributed by atoms with E-state index in [4.69, 9.17) is 9.47 Å². The van der Waals surface area contributed by atoms with Gasteiger partial charge in [0.1, 0.15) is 0 Å². The molecule has 2 nitrogen and oxygen atoms in total. The van der Waals surface area contributed by atoms with E-state index >= 15 is 0 Å². The Morgan fingerprint density at radius 2 is 1.50 bits per heavy atom. The van der Waals surface area contributed by atoms with Crippen molar-refractivity contribution in [2.45, 2.75) is 63.1 Å². The molecule has 112 valence electrons. The molecule has 0 aromatic rings. The molecule has 4 bridgehead atoms. The van der Waals surface area contributed by atoms with Crippen LogP contribution in [0.5, 0.6) is 0 Å². The summed E-state index contributed by atoms with van der Waals surface area (Å²) in [7, 11) is 0. The van der Waals surface area contributed by atoms with E-state index in [1.807, 2.05) is 12.2 Å². The molecule has 0 aromatic carbocycles. The Kier molecular flexibility index (Phi) is 3.58. The molecule has 0 saturated heterocycles. The molecule has 20 heavy (non-hydrogen) atoms. The van der Waals surface area contributed by atoms with E-state index in [-0.39, 0.29) is 11.2 Å². The molecule has 0 spiro atoms. The van der Waals surface area contributed by atoms with Crippen LogP contribution in [0.25, 0.3) is 0 Å². The second kappa shape index (κ2) is 4.99. The van der Waals surface area contributed by atoms with Gasteiger partial charge in [-0.25, -0.2) is 0 Å². The lowest BCUT2D eigenvalue weighted by Crippen LogP contribution is -2.64. The molecule has 0 aromatic heterocycles. The summed E-state index contributed by atoms with van der Waals surface area (Å²) in [5, 5.41) is 0. The highest BCUT2D eigenvalue weighted by Crippen LogP contribution is 2.66. The van der Waals surface area contributed by atoms with Gasteiger partial charge in [-0.3, -0.25) is 0 Å². The van der Waals surface area contributed by atoms with Crippen molar-refractivity contribution in [3.8, 4) is 0 Å². The molecule has 2 unspecified atom stereocenters. The molecule has 4 fully saturated rings. The molecule has 2 atom stereocenters. The summed E-state index contributed by atoms with van der Waals surface area (Å²) in [6.45, 7) is 11.3. The Morgan fingerprint density at radius 1 is 0.950 bits per heavy atom. The molecule has 0 N–H and O–H groups in total. The summed E-state index contributed by atoms with van der Waals surface area (Å²) in [6.07, 6.45) is 12.4. The van der Waals surface area contributed by atoms with Gasteiger partial charge in [-0.1, -0.05) is 25.5 Å². The average molecular weight is 276 g/mol. The van der Waals surface area contributed by atoms with E-state index in [2.05, 4.69) is 20.1 Å². The van der Waals surface area contributed by atoms with Gasteiger partial charge in [0.05, 0.1) is 24.4 Å². The van der Waals surface area contributed by atoms with E-state index in [1.165, 1.54) is 38.5 Å². The fourth-order valence-corrected chi connectivity index (χ4v) is 5.64. The summed E-state index contributed by atoms with van der Waals surface area (Å²) in [4.78, 5) is 0. The highest BCUT2D eigenvalue weighted by atomic mass is 16.5. The second-order valence-electron chi connectivity index (χ2n) is 7.43. The predicted molar refractivity (Wildman–Crippen MR) is 81.7 cm³/mol. The third-order valence-corrected chi connectivity index (χ3v) is 5.85. The van der Waals surface area contributed by atoms with Gasteiger partial charge in [-0.15, -0.1) is 13.2 Å². The van der Waals surface area contributed by atoms with Crippen LogP contribution in [-0.2, 0) is 9.47 Å². The van der Waals surface area contributed by atoms with Gasteiger partial charge in [0.2, 0.25) is 0 Å². The van der Waals surface area contributed by atoms with Crippen LogP contribution in [0, 0.1) is 11.3 Å². The molecule has 0 radical (unpaired) electrons. The van der Waals surface area contributed by atoms with Crippen molar-refractivity contribution < 1.29 is 9.47 Å². The number of hydrogen-bond acceptors (Lipinski definition) is 2. The summed E-state index contributed by atoms with van der Waals surface area (Å²) >= 11 is 0. The molecule has 0 heterocycles. The highest BCUT2D eigenvalue weighted by Gasteiger charge is 2.63. The maximum absolute atomic E-state index is 6.30. The first-order valence-electron chi connectivity index (χ1n) is 8.09. The maximum atomic E-state index is 6.30. The van der Waals surface area contributed by atoms with Crippen LogP contribution in [0.1, 0.15) is 51.9 Å². The largest absolute Gasteiger partial charge is 0.371 e. The van der Waals surface area contributed by atoms with Gasteiger partial charge < -0.3 is 9.47 Å². The minimum Gasteiger partial charge on any atom is -0.371 e. The Labute approximate surface area is 123 Å². The third kappa shape index (κ3) is 2.27. The van der Waals surface area contributed by atoms with Crippen LogP contribution in [0.15, 0.2) is 25.3 Å². The van der Waals surface area contributed by atoms with Crippen LogP contribution in [-0.4, -0.2) is 24.4 Å². The topological polar surface area (TPSA) is 18.5 Å². The van der Waals surface area contributed by atoms with E-state index in [0.29, 0.717) is 18.6 Å². The molecule has 0 amide bonds. The van der Waals surface area contributed by atoms with Crippen molar-refractivity contribution in [2.24, 2.45) is 11.3 Å². The zero-order chi connectivity index (χ0) is 14.3. The molecular formula is C18H28O2. The minimum absolute atomic E-state index is 0.0464. The van der Waals surface area contributed by atoms with E-state index in [1.54, 1.807) is 0 Å². The van der Waals surface area contributed by atoms with Gasteiger partial charge >= 0.3 is 0 Å². The molecule has 0 aliphatic heterocycles. The number of rotatable bonds is 7. The molecule has 4 saturated carbocycles. The summed E-state index contributed by atoms with van der Waals surface area (Å²) < 4.78 is 12.6. The minimum atomic E-state index is 0.0464. The Bertz CT molecular complexity index is 372. The van der Waals surface area contributed by atoms with Crippen molar-refractivity contribution in [1.82, 2.24) is 0 Å². The molecule has 4 rings (SSSR count). The van der Waals surface area contributed by atoms with Crippen LogP contribution in [0.3, 0.4) is 0 Å². The van der Waals surface area contributed by atoms with E-state index < -0.39 is 0 Å². The average Bonchev–Trinajstić information content (AvgIpc) is 2.42. The van der Waals surface area contributed by atoms with Gasteiger partial charge in [0.25, 0.3) is 0 Å². The third-order valence-electron chi connectivity index (χ3n) is 5.85. The number of hydrogen-bond donors (Lipinski definition) is 0. The standard InChI is InChI=1S/C18H28O2/c1-4-7-19-17-10-15-9-16(6-3,12-17)13-18(11-15,14-17)20-8-5-2/h4-5,15H,1-2,6-14H2,3H3. The molecular weight excluding hydrogens is 248 g/mol. The monoisotopic (exact) mass is 276 g/mol. The van der Waals surface area contributed by atoms with Gasteiger partial charge in [-0.05, 0) is 43.4 Å². The fraction of sp³-hybridized carbons (Fsp3) is 0.778. The van der Waals surface area contributed by atoms with Crippen molar-refractivity contribution in [3.63, 3.8) is 0 Å². The zero-order valence-corrected chi connectivity index (χ0v) is 12.8. The van der Waals surface area contributed by atoms with Crippen LogP contribution in [0.2, 0.25) is 0 Å². The van der Waals surface area contributed by atoms with Crippen molar-refractivity contribution >= 4 is 0 Å². The molecule has 2 heteroatoms. The normalized spacial score (nSPS) is 45.5. The first kappa shape index (κ1) is 14.3. The SMILES string of the molecule is C=CCOC12CC3CC(CC)(C1)CC(OCC=C)(C3)C2. The zero-order valence-electron chi connectivity index (χ0n) is 12.8. The fourth-order valence-electron chi connectivity index (χ4n) is 5.64. The molecule has 4 aliphatic rings. The van der Waals surface area contributed by atoms with E-state index in [9.17, 15) is 0 Å². The van der Waals surface area contributed by atoms with E-state index in [0.717, 1.165) is 12.3 Å². The Balaban J connectivity index is 1.88. The lowest BCUT2D eigenvalue weighted by molar-refractivity contribution is -0.257. The second-order valence-corrected chi connectivity index (χ2v) is 7.43. The number of ether oxygens (including phenoxy) is 2. The first-order valence-corrected chi connectivity index (χ1v) is 8.09. The van der Waals surface area contributed by atoms with Gasteiger partial charge in [0.15, 0.2) is 0 Å². The smallest absolute Gasteiger partial charge is 0.0722 e. The quantitative estimate of drug-likeness (QED) is 0.647. The van der Waals surface area contributed by atoms with Crippen LogP contribution in [0.4, 0.5) is 0 Å². The Morgan fingerprint density at radius 3 is 1.95 bits per heavy atom. The first-order chi connectivity index (χ1) is 9.59. The van der Waals surface area contributed by atoms with Crippen LogP contribution < -0.4 is 0 Å². The van der Waals surface area contributed by atoms with Crippen molar-refractivity contribution in [3.05, 3.63) is 25.3 Å². The Hall–Kier alpha value is -0.600. The van der Waals surface area contributed by atoms with Gasteiger partial charge in [0, 0.05) is 6.42 Å². The van der Waals surface area contributed by atoms with Gasteiger partial charge in [-0.2, -0.15) is 0 Å². The van der Waals surface area contributed by atoms with Crippen molar-refractivity contribution in [1.29, 1.82) is 0 Å². The summed E-state index contributed by atoms with van der Waals surface area (Å²) in [6, 6.07) is 0. The summed E-state index contributed by atoms with van der Waals surface area (Å²) in [5.41, 5.74) is 0.539. The van der Waals surface area contributed by atoms with Crippen molar-refractivity contribution in [2.75, 3.05) is 13.2 Å².